The fourth-order valence-electron chi connectivity index (χ4n) is 3.29. The van der Waals surface area contributed by atoms with Gasteiger partial charge >= 0.3 is 0 Å². The van der Waals surface area contributed by atoms with Crippen LogP contribution in [0.2, 0.25) is 5.02 Å². The van der Waals surface area contributed by atoms with Gasteiger partial charge in [0.05, 0.1) is 0 Å². The third-order valence-corrected chi connectivity index (χ3v) is 5.30. The van der Waals surface area contributed by atoms with Crippen molar-refractivity contribution in [3.8, 4) is 11.5 Å². The molecule has 0 unspecified atom stereocenters. The highest BCUT2D eigenvalue weighted by Crippen LogP contribution is 2.23. The van der Waals surface area contributed by atoms with E-state index in [1.54, 1.807) is 36.4 Å². The van der Waals surface area contributed by atoms with Crippen LogP contribution in [0.25, 0.3) is 6.08 Å². The van der Waals surface area contributed by atoms with Gasteiger partial charge in [0.15, 0.2) is 0 Å². The maximum Gasteiger partial charge on any atom is 0.268 e. The molecule has 0 radical (unpaired) electrons. The van der Waals surface area contributed by atoms with Crippen molar-refractivity contribution in [2.75, 3.05) is 0 Å². The Kier molecular flexibility index (Phi) is 7.94. The second kappa shape index (κ2) is 11.7. The topological polar surface area (TPSA) is 67.4 Å². The van der Waals surface area contributed by atoms with Gasteiger partial charge in [0.1, 0.15) is 17.2 Å². The molecule has 0 saturated carbocycles. The number of para-hydroxylation sites is 1. The van der Waals surface area contributed by atoms with E-state index >= 15 is 0 Å². The number of carbonyl (C=O) groups is 2. The number of hydrogen-bond acceptors (Lipinski definition) is 3. The molecule has 2 N–H and O–H groups in total. The van der Waals surface area contributed by atoms with Crippen LogP contribution in [-0.2, 0) is 11.3 Å². The van der Waals surface area contributed by atoms with E-state index in [1.165, 1.54) is 0 Å². The first-order valence-electron chi connectivity index (χ1n) is 11.0. The zero-order chi connectivity index (χ0) is 24.5. The highest BCUT2D eigenvalue weighted by Gasteiger charge is 2.15. The van der Waals surface area contributed by atoms with Crippen molar-refractivity contribution >= 4 is 29.5 Å². The van der Waals surface area contributed by atoms with E-state index < -0.39 is 11.8 Å². The minimum absolute atomic E-state index is 0.109. The molecule has 4 aromatic rings. The van der Waals surface area contributed by atoms with E-state index in [-0.39, 0.29) is 5.70 Å². The first-order chi connectivity index (χ1) is 17.1. The Morgan fingerprint density at radius 1 is 0.771 bits per heavy atom. The summed E-state index contributed by atoms with van der Waals surface area (Å²) >= 11 is 5.93. The van der Waals surface area contributed by atoms with Crippen molar-refractivity contribution in [1.29, 1.82) is 0 Å². The molecular formula is C29H23ClN2O3. The van der Waals surface area contributed by atoms with E-state index in [0.29, 0.717) is 34.2 Å². The number of nitrogens with one attached hydrogen (secondary N) is 2. The van der Waals surface area contributed by atoms with Gasteiger partial charge in [0.2, 0.25) is 0 Å². The number of rotatable bonds is 8. The van der Waals surface area contributed by atoms with Crippen LogP contribution in [0.3, 0.4) is 0 Å². The van der Waals surface area contributed by atoms with Crippen molar-refractivity contribution in [3.63, 3.8) is 0 Å². The van der Waals surface area contributed by atoms with E-state index in [2.05, 4.69) is 10.6 Å². The van der Waals surface area contributed by atoms with Crippen LogP contribution in [0.4, 0.5) is 0 Å². The molecule has 0 aliphatic heterocycles. The number of amides is 2. The predicted octanol–water partition coefficient (Wildman–Crippen LogP) is 6.22. The maximum absolute atomic E-state index is 13.1. The zero-order valence-corrected chi connectivity index (χ0v) is 19.5. The summed E-state index contributed by atoms with van der Waals surface area (Å²) in [6, 6.07) is 32.7. The summed E-state index contributed by atoms with van der Waals surface area (Å²) in [4.78, 5) is 25.9. The normalized spacial score (nSPS) is 10.9. The van der Waals surface area contributed by atoms with E-state index in [4.69, 9.17) is 16.3 Å². The van der Waals surface area contributed by atoms with Crippen LogP contribution in [0.1, 0.15) is 21.5 Å². The SMILES string of the molecule is O=C(NCc1ccccc1)C(=Cc1cccc(Oc2ccccc2)c1)NC(=O)c1ccc(Cl)cc1. The quantitative estimate of drug-likeness (QED) is 0.293. The van der Waals surface area contributed by atoms with Crippen molar-refractivity contribution in [1.82, 2.24) is 10.6 Å². The Bertz CT molecular complexity index is 1320. The molecule has 4 aromatic carbocycles. The number of benzene rings is 4. The molecule has 0 fully saturated rings. The average Bonchev–Trinajstić information content (AvgIpc) is 2.88. The lowest BCUT2D eigenvalue weighted by molar-refractivity contribution is -0.117. The Balaban J connectivity index is 1.57. The van der Waals surface area contributed by atoms with Gasteiger partial charge in [-0.3, -0.25) is 9.59 Å². The molecule has 0 saturated heterocycles. The van der Waals surface area contributed by atoms with Crippen LogP contribution in [0.5, 0.6) is 11.5 Å². The largest absolute Gasteiger partial charge is 0.457 e. The molecule has 0 atom stereocenters. The van der Waals surface area contributed by atoms with Crippen LogP contribution in [-0.4, -0.2) is 11.8 Å². The van der Waals surface area contributed by atoms with Gasteiger partial charge < -0.3 is 15.4 Å². The molecule has 0 heterocycles. The smallest absolute Gasteiger partial charge is 0.268 e. The van der Waals surface area contributed by atoms with Gasteiger partial charge in [-0.05, 0) is 65.7 Å². The summed E-state index contributed by atoms with van der Waals surface area (Å²) in [5.41, 5.74) is 2.14. The van der Waals surface area contributed by atoms with Gasteiger partial charge in [0.25, 0.3) is 11.8 Å². The molecular weight excluding hydrogens is 460 g/mol. The molecule has 0 bridgehead atoms. The van der Waals surface area contributed by atoms with Gasteiger partial charge in [-0.1, -0.05) is 72.3 Å². The minimum Gasteiger partial charge on any atom is -0.457 e. The predicted molar refractivity (Wildman–Crippen MR) is 138 cm³/mol. The zero-order valence-electron chi connectivity index (χ0n) is 18.8. The van der Waals surface area contributed by atoms with E-state index in [0.717, 1.165) is 5.56 Å². The summed E-state index contributed by atoms with van der Waals surface area (Å²) in [6.45, 7) is 0.324. The molecule has 4 rings (SSSR count). The van der Waals surface area contributed by atoms with Crippen molar-refractivity contribution in [2.45, 2.75) is 6.54 Å². The van der Waals surface area contributed by atoms with Crippen LogP contribution in [0, 0.1) is 0 Å². The molecule has 35 heavy (non-hydrogen) atoms. The van der Waals surface area contributed by atoms with Crippen LogP contribution in [0.15, 0.2) is 115 Å². The first-order valence-corrected chi connectivity index (χ1v) is 11.4. The summed E-state index contributed by atoms with van der Waals surface area (Å²) in [5, 5.41) is 6.12. The number of halogens is 1. The highest BCUT2D eigenvalue weighted by atomic mass is 35.5. The van der Waals surface area contributed by atoms with E-state index in [1.807, 2.05) is 78.9 Å². The highest BCUT2D eigenvalue weighted by molar-refractivity contribution is 6.30. The summed E-state index contributed by atoms with van der Waals surface area (Å²) < 4.78 is 5.90. The van der Waals surface area contributed by atoms with Crippen molar-refractivity contribution in [3.05, 3.63) is 137 Å². The molecule has 0 aromatic heterocycles. The standard InChI is InChI=1S/C29H23ClN2O3/c30-24-16-14-23(15-17-24)28(33)32-27(29(34)31-20-21-8-3-1-4-9-21)19-22-10-7-13-26(18-22)35-25-11-5-2-6-12-25/h1-19H,20H2,(H,31,34)(H,32,33). The molecule has 0 spiro atoms. The Morgan fingerprint density at radius 2 is 1.43 bits per heavy atom. The first kappa shape index (κ1) is 23.8. The number of carbonyl (C=O) groups excluding carboxylic acids is 2. The second-order valence-corrected chi connectivity index (χ2v) is 8.11. The van der Waals surface area contributed by atoms with Gasteiger partial charge in [0, 0.05) is 17.1 Å². The third kappa shape index (κ3) is 7.06. The third-order valence-electron chi connectivity index (χ3n) is 5.04. The molecule has 0 aliphatic rings. The summed E-state index contributed by atoms with van der Waals surface area (Å²) in [6.07, 6.45) is 1.62. The number of ether oxygens (including phenoxy) is 1. The Morgan fingerprint density at radius 3 is 2.14 bits per heavy atom. The molecule has 6 heteroatoms. The van der Waals surface area contributed by atoms with Crippen molar-refractivity contribution < 1.29 is 14.3 Å². The van der Waals surface area contributed by atoms with Crippen molar-refractivity contribution in [2.24, 2.45) is 0 Å². The fourth-order valence-corrected chi connectivity index (χ4v) is 3.41. The monoisotopic (exact) mass is 482 g/mol. The second-order valence-electron chi connectivity index (χ2n) is 7.67. The molecule has 0 aliphatic carbocycles. The number of hydrogen-bond donors (Lipinski definition) is 2. The van der Waals surface area contributed by atoms with Gasteiger partial charge in [-0.2, -0.15) is 0 Å². The maximum atomic E-state index is 13.1. The average molecular weight is 483 g/mol. The summed E-state index contributed by atoms with van der Waals surface area (Å²) in [7, 11) is 0. The molecule has 174 valence electrons. The van der Waals surface area contributed by atoms with Crippen LogP contribution < -0.4 is 15.4 Å². The van der Waals surface area contributed by atoms with Crippen LogP contribution >= 0.6 is 11.6 Å². The lowest BCUT2D eigenvalue weighted by Crippen LogP contribution is -2.34. The molecule has 2 amide bonds. The van der Waals surface area contributed by atoms with Gasteiger partial charge in [-0.25, -0.2) is 0 Å². The molecule has 5 nitrogen and oxygen atoms in total. The lowest BCUT2D eigenvalue weighted by atomic mass is 10.1. The minimum atomic E-state index is -0.417. The van der Waals surface area contributed by atoms with Gasteiger partial charge in [-0.15, -0.1) is 0 Å². The lowest BCUT2D eigenvalue weighted by Gasteiger charge is -2.12. The Hall–Kier alpha value is -4.35. The van der Waals surface area contributed by atoms with E-state index in [9.17, 15) is 9.59 Å². The fraction of sp³-hybridized carbons (Fsp3) is 0.0345. The Labute approximate surface area is 209 Å². The summed E-state index contributed by atoms with van der Waals surface area (Å²) in [5.74, 6) is 0.480.